The van der Waals surface area contributed by atoms with Crippen LogP contribution in [-0.2, 0) is 9.59 Å². The molecule has 0 heterocycles. The highest BCUT2D eigenvalue weighted by molar-refractivity contribution is 6.40. The Balaban J connectivity index is 1.64. The van der Waals surface area contributed by atoms with Crippen LogP contribution in [-0.4, -0.2) is 24.6 Å². The Morgan fingerprint density at radius 2 is 1.75 bits per heavy atom. The van der Waals surface area contributed by atoms with Crippen molar-refractivity contribution >= 4 is 34.5 Å². The molecule has 28 heavy (non-hydrogen) atoms. The van der Waals surface area contributed by atoms with Gasteiger partial charge in [0.1, 0.15) is 12.4 Å². The van der Waals surface area contributed by atoms with Crippen molar-refractivity contribution in [1.82, 2.24) is 5.43 Å². The van der Waals surface area contributed by atoms with Crippen molar-refractivity contribution in [2.24, 2.45) is 5.10 Å². The maximum absolute atomic E-state index is 12.2. The number of terminal acetylenes is 1. The summed E-state index contributed by atoms with van der Waals surface area (Å²) >= 11 is 0. The van der Waals surface area contributed by atoms with Gasteiger partial charge < -0.3 is 10.1 Å². The summed E-state index contributed by atoms with van der Waals surface area (Å²) in [5.74, 6) is 1.21. The fourth-order valence-corrected chi connectivity index (χ4v) is 2.56. The standard InChI is InChI=1S/C22H17N3O3/c1-2-14-28-20-13-6-4-9-17(20)15-23-25-22(27)21(26)24-19-12-7-10-16-8-3-5-11-18(16)19/h1,3-13,15H,14H2,(H,24,26)(H,25,27)/b23-15+. The maximum atomic E-state index is 12.2. The number of nitrogens with one attached hydrogen (secondary N) is 2. The van der Waals surface area contributed by atoms with Gasteiger partial charge in [0.25, 0.3) is 0 Å². The van der Waals surface area contributed by atoms with Gasteiger partial charge in [0.2, 0.25) is 0 Å². The van der Waals surface area contributed by atoms with E-state index in [2.05, 4.69) is 21.8 Å². The molecular formula is C22H17N3O3. The number of carbonyl (C=O) groups excluding carboxylic acids is 2. The monoisotopic (exact) mass is 371 g/mol. The fourth-order valence-electron chi connectivity index (χ4n) is 2.56. The van der Waals surface area contributed by atoms with Crippen LogP contribution >= 0.6 is 0 Å². The van der Waals surface area contributed by atoms with Gasteiger partial charge in [-0.25, -0.2) is 5.43 Å². The number of para-hydroxylation sites is 1. The number of hydrogen-bond donors (Lipinski definition) is 2. The average molecular weight is 371 g/mol. The summed E-state index contributed by atoms with van der Waals surface area (Å²) in [6.45, 7) is 0.116. The first-order valence-corrected chi connectivity index (χ1v) is 8.46. The van der Waals surface area contributed by atoms with Crippen molar-refractivity contribution in [3.8, 4) is 18.1 Å². The molecule has 3 aromatic carbocycles. The zero-order valence-corrected chi connectivity index (χ0v) is 14.9. The Kier molecular flexibility index (Phi) is 6.01. The molecule has 3 aromatic rings. The molecule has 0 aliphatic rings. The number of anilines is 1. The van der Waals surface area contributed by atoms with E-state index in [9.17, 15) is 9.59 Å². The van der Waals surface area contributed by atoms with Crippen LogP contribution in [0.3, 0.4) is 0 Å². The average Bonchev–Trinajstić information content (AvgIpc) is 2.73. The third-order valence-electron chi connectivity index (χ3n) is 3.84. The number of rotatable bonds is 5. The molecule has 138 valence electrons. The van der Waals surface area contributed by atoms with Crippen LogP contribution in [0.1, 0.15) is 5.56 Å². The number of amides is 2. The first-order valence-electron chi connectivity index (χ1n) is 8.46. The first-order chi connectivity index (χ1) is 13.7. The lowest BCUT2D eigenvalue weighted by molar-refractivity contribution is -0.136. The fraction of sp³-hybridized carbons (Fsp3) is 0.0455. The molecule has 2 N–H and O–H groups in total. The van der Waals surface area contributed by atoms with E-state index in [1.54, 1.807) is 36.4 Å². The zero-order valence-electron chi connectivity index (χ0n) is 14.9. The number of carbonyl (C=O) groups is 2. The van der Waals surface area contributed by atoms with Crippen molar-refractivity contribution in [1.29, 1.82) is 0 Å². The van der Waals surface area contributed by atoms with Gasteiger partial charge in [-0.2, -0.15) is 5.10 Å². The van der Waals surface area contributed by atoms with Gasteiger partial charge >= 0.3 is 11.8 Å². The number of hydrazone groups is 1. The van der Waals surface area contributed by atoms with Gasteiger partial charge in [0, 0.05) is 16.6 Å². The molecule has 0 aliphatic carbocycles. The third-order valence-corrected chi connectivity index (χ3v) is 3.84. The Labute approximate surface area is 162 Å². The summed E-state index contributed by atoms with van der Waals surface area (Å²) in [5, 5.41) is 8.22. The zero-order chi connectivity index (χ0) is 19.8. The molecule has 0 bridgehead atoms. The van der Waals surface area contributed by atoms with Crippen LogP contribution in [0, 0.1) is 12.3 Å². The quantitative estimate of drug-likeness (QED) is 0.313. The first kappa shape index (κ1) is 18.7. The number of ether oxygens (including phenoxy) is 1. The minimum Gasteiger partial charge on any atom is -0.480 e. The molecule has 0 spiro atoms. The molecule has 0 unspecified atom stereocenters. The van der Waals surface area contributed by atoms with Crippen molar-refractivity contribution in [2.45, 2.75) is 0 Å². The predicted molar refractivity (Wildman–Crippen MR) is 109 cm³/mol. The van der Waals surface area contributed by atoms with Gasteiger partial charge in [0.15, 0.2) is 0 Å². The van der Waals surface area contributed by atoms with Gasteiger partial charge in [-0.05, 0) is 23.6 Å². The van der Waals surface area contributed by atoms with Crippen LogP contribution in [0.4, 0.5) is 5.69 Å². The molecule has 2 amide bonds. The molecule has 0 fully saturated rings. The summed E-state index contributed by atoms with van der Waals surface area (Å²) in [5.41, 5.74) is 3.37. The minimum absolute atomic E-state index is 0.116. The maximum Gasteiger partial charge on any atom is 0.329 e. The largest absolute Gasteiger partial charge is 0.480 e. The lowest BCUT2D eigenvalue weighted by atomic mass is 10.1. The van der Waals surface area contributed by atoms with Gasteiger partial charge in [-0.3, -0.25) is 9.59 Å². The second-order valence-corrected chi connectivity index (χ2v) is 5.71. The van der Waals surface area contributed by atoms with Crippen LogP contribution in [0.25, 0.3) is 10.8 Å². The molecule has 0 aliphatic heterocycles. The highest BCUT2D eigenvalue weighted by atomic mass is 16.5. The molecule has 0 radical (unpaired) electrons. The Bertz CT molecular complexity index is 1080. The van der Waals surface area contributed by atoms with Crippen LogP contribution in [0.5, 0.6) is 5.75 Å². The lowest BCUT2D eigenvalue weighted by Gasteiger charge is -2.08. The third kappa shape index (κ3) is 4.54. The van der Waals surface area contributed by atoms with E-state index >= 15 is 0 Å². The van der Waals surface area contributed by atoms with Crippen LogP contribution in [0.2, 0.25) is 0 Å². The topological polar surface area (TPSA) is 79.8 Å². The number of fused-ring (bicyclic) bond motifs is 1. The summed E-state index contributed by atoms with van der Waals surface area (Å²) in [6, 6.07) is 20.1. The molecule has 0 atom stereocenters. The summed E-state index contributed by atoms with van der Waals surface area (Å²) in [7, 11) is 0. The number of hydrogen-bond acceptors (Lipinski definition) is 4. The summed E-state index contributed by atoms with van der Waals surface area (Å²) in [6.07, 6.45) is 6.57. The molecule has 0 aromatic heterocycles. The van der Waals surface area contributed by atoms with Crippen LogP contribution < -0.4 is 15.5 Å². The Hall–Kier alpha value is -4.11. The Morgan fingerprint density at radius 1 is 1.00 bits per heavy atom. The van der Waals surface area contributed by atoms with E-state index in [0.29, 0.717) is 17.0 Å². The van der Waals surface area contributed by atoms with Crippen molar-refractivity contribution in [2.75, 3.05) is 11.9 Å². The normalized spacial score (nSPS) is 10.4. The van der Waals surface area contributed by atoms with E-state index in [-0.39, 0.29) is 6.61 Å². The number of benzene rings is 3. The molecular weight excluding hydrogens is 354 g/mol. The van der Waals surface area contributed by atoms with Gasteiger partial charge in [-0.15, -0.1) is 6.42 Å². The minimum atomic E-state index is -0.883. The summed E-state index contributed by atoms with van der Waals surface area (Å²) < 4.78 is 5.39. The summed E-state index contributed by atoms with van der Waals surface area (Å²) in [4.78, 5) is 24.2. The van der Waals surface area contributed by atoms with Crippen LogP contribution in [0.15, 0.2) is 71.8 Å². The van der Waals surface area contributed by atoms with Crippen molar-refractivity contribution < 1.29 is 14.3 Å². The molecule has 6 heteroatoms. The second-order valence-electron chi connectivity index (χ2n) is 5.71. The van der Waals surface area contributed by atoms with E-state index in [1.165, 1.54) is 6.21 Å². The second kappa shape index (κ2) is 9.01. The van der Waals surface area contributed by atoms with E-state index in [4.69, 9.17) is 11.2 Å². The lowest BCUT2D eigenvalue weighted by Crippen LogP contribution is -2.32. The van der Waals surface area contributed by atoms with Gasteiger partial charge in [0.05, 0.1) is 6.21 Å². The van der Waals surface area contributed by atoms with Gasteiger partial charge in [-0.1, -0.05) is 54.5 Å². The highest BCUT2D eigenvalue weighted by Gasteiger charge is 2.14. The van der Waals surface area contributed by atoms with Crippen molar-refractivity contribution in [3.63, 3.8) is 0 Å². The Morgan fingerprint density at radius 3 is 2.61 bits per heavy atom. The molecule has 6 nitrogen and oxygen atoms in total. The van der Waals surface area contributed by atoms with Crippen molar-refractivity contribution in [3.05, 3.63) is 72.3 Å². The van der Waals surface area contributed by atoms with E-state index < -0.39 is 11.8 Å². The van der Waals surface area contributed by atoms with E-state index in [1.807, 2.05) is 30.3 Å². The molecule has 3 rings (SSSR count). The SMILES string of the molecule is C#CCOc1ccccc1/C=N/NC(=O)C(=O)Nc1cccc2ccccc12. The van der Waals surface area contributed by atoms with E-state index in [0.717, 1.165) is 10.8 Å². The number of nitrogens with zero attached hydrogens (tertiary/aromatic N) is 1. The smallest absolute Gasteiger partial charge is 0.329 e. The highest BCUT2D eigenvalue weighted by Crippen LogP contribution is 2.22. The molecule has 0 saturated carbocycles. The molecule has 0 saturated heterocycles. The predicted octanol–water partition coefficient (Wildman–Crippen LogP) is 2.94.